The number of ether oxygens (including phenoxy) is 1. The number of methoxy groups -OCH3 is 1. The second kappa shape index (κ2) is 4.36. The first kappa shape index (κ1) is 13.6. The molecule has 2 saturated carbocycles. The zero-order chi connectivity index (χ0) is 13.6. The fourth-order valence-electron chi connectivity index (χ4n) is 4.29. The first-order chi connectivity index (χ1) is 8.36. The number of fused-ring (bicyclic) bond motifs is 1. The van der Waals surface area contributed by atoms with Gasteiger partial charge in [-0.05, 0) is 43.4 Å². The molecule has 2 aliphatic carbocycles. The highest BCUT2D eigenvalue weighted by molar-refractivity contribution is 6.03. The van der Waals surface area contributed by atoms with Crippen LogP contribution in [0, 0.1) is 22.7 Å². The van der Waals surface area contributed by atoms with Gasteiger partial charge in [-0.1, -0.05) is 26.7 Å². The van der Waals surface area contributed by atoms with Crippen molar-refractivity contribution >= 4 is 11.8 Å². The molecule has 2 fully saturated rings. The molecule has 3 nitrogen and oxygen atoms in total. The highest BCUT2D eigenvalue weighted by atomic mass is 16.5. The van der Waals surface area contributed by atoms with Crippen LogP contribution in [0.15, 0.2) is 0 Å². The van der Waals surface area contributed by atoms with Crippen molar-refractivity contribution < 1.29 is 14.3 Å². The number of Topliss-reactive ketones (excluding diaryl/α,β-unsaturated/α-hetero) is 1. The lowest BCUT2D eigenvalue weighted by Gasteiger charge is -2.42. The normalized spacial score (nSPS) is 43.3. The fourth-order valence-corrected chi connectivity index (χ4v) is 4.29. The molecule has 18 heavy (non-hydrogen) atoms. The van der Waals surface area contributed by atoms with Gasteiger partial charge in [0.15, 0.2) is 0 Å². The summed E-state index contributed by atoms with van der Waals surface area (Å²) in [5.41, 5.74) is -0.745. The quantitative estimate of drug-likeness (QED) is 0.560. The van der Waals surface area contributed by atoms with Crippen molar-refractivity contribution in [2.24, 2.45) is 22.7 Å². The average Bonchev–Trinajstić information content (AvgIpc) is 2.65. The lowest BCUT2D eigenvalue weighted by atomic mass is 9.63. The Hall–Kier alpha value is -0.860. The Labute approximate surface area is 109 Å². The molecule has 0 radical (unpaired) electrons. The van der Waals surface area contributed by atoms with Crippen LogP contribution in [0.1, 0.15) is 52.9 Å². The summed E-state index contributed by atoms with van der Waals surface area (Å²) in [6.07, 6.45) is 4.94. The molecule has 0 aromatic rings. The van der Waals surface area contributed by atoms with Crippen LogP contribution in [-0.4, -0.2) is 18.9 Å². The van der Waals surface area contributed by atoms with E-state index in [1.54, 1.807) is 6.92 Å². The summed E-state index contributed by atoms with van der Waals surface area (Å²) in [4.78, 5) is 24.2. The lowest BCUT2D eigenvalue weighted by Crippen LogP contribution is -2.38. The van der Waals surface area contributed by atoms with E-state index in [1.165, 1.54) is 20.0 Å². The Kier molecular flexibility index (Phi) is 3.28. The summed E-state index contributed by atoms with van der Waals surface area (Å²) in [6.45, 7) is 6.07. The second-order valence-corrected chi connectivity index (χ2v) is 6.55. The predicted molar refractivity (Wildman–Crippen MR) is 69.0 cm³/mol. The molecule has 0 N–H and O–H groups in total. The van der Waals surface area contributed by atoms with Gasteiger partial charge >= 0.3 is 5.97 Å². The van der Waals surface area contributed by atoms with E-state index in [2.05, 4.69) is 13.8 Å². The minimum Gasteiger partial charge on any atom is -0.468 e. The van der Waals surface area contributed by atoms with Gasteiger partial charge in [-0.2, -0.15) is 0 Å². The van der Waals surface area contributed by atoms with E-state index < -0.39 is 5.41 Å². The summed E-state index contributed by atoms with van der Waals surface area (Å²) < 4.78 is 4.93. The minimum absolute atomic E-state index is 0.0165. The van der Waals surface area contributed by atoms with E-state index in [1.807, 2.05) is 0 Å². The third-order valence-corrected chi connectivity index (χ3v) is 5.78. The highest BCUT2D eigenvalue weighted by Crippen LogP contribution is 2.61. The SMILES string of the molecule is COC(=O)[C@]1(C(C)=O)C[C@H]2CCC[C@H](C)[C@@]2(C)C1. The molecule has 3 heteroatoms. The number of esters is 1. The molecular weight excluding hydrogens is 228 g/mol. The van der Waals surface area contributed by atoms with Gasteiger partial charge < -0.3 is 4.74 Å². The zero-order valence-electron chi connectivity index (χ0n) is 11.9. The Balaban J connectivity index is 2.37. The van der Waals surface area contributed by atoms with Crippen LogP contribution in [0.2, 0.25) is 0 Å². The van der Waals surface area contributed by atoms with Crippen molar-refractivity contribution in [1.82, 2.24) is 0 Å². The molecule has 102 valence electrons. The zero-order valence-corrected chi connectivity index (χ0v) is 11.9. The molecule has 0 saturated heterocycles. The predicted octanol–water partition coefficient (Wildman–Crippen LogP) is 2.97. The standard InChI is InChI=1S/C15H24O3/c1-10-6-5-7-12-8-15(11(2)16,13(17)18-4)9-14(10,12)3/h10,12H,5-9H2,1-4H3/t10-,12+,14+,15+/m0/s1. The maximum atomic E-state index is 12.1. The summed E-state index contributed by atoms with van der Waals surface area (Å²) >= 11 is 0. The maximum Gasteiger partial charge on any atom is 0.319 e. The van der Waals surface area contributed by atoms with Crippen molar-refractivity contribution in [1.29, 1.82) is 0 Å². The summed E-state index contributed by atoms with van der Waals surface area (Å²) in [5.74, 6) is 0.737. The molecule has 0 unspecified atom stereocenters. The Morgan fingerprint density at radius 1 is 1.28 bits per heavy atom. The van der Waals surface area contributed by atoms with Crippen LogP contribution in [0.5, 0.6) is 0 Å². The van der Waals surface area contributed by atoms with Crippen molar-refractivity contribution in [3.8, 4) is 0 Å². The summed E-state index contributed by atoms with van der Waals surface area (Å²) in [5, 5.41) is 0. The van der Waals surface area contributed by atoms with Gasteiger partial charge in [-0.15, -0.1) is 0 Å². The first-order valence-electron chi connectivity index (χ1n) is 6.96. The van der Waals surface area contributed by atoms with Gasteiger partial charge in [0.25, 0.3) is 0 Å². The van der Waals surface area contributed by atoms with Crippen LogP contribution < -0.4 is 0 Å². The number of rotatable bonds is 2. The fraction of sp³-hybridized carbons (Fsp3) is 0.867. The Morgan fingerprint density at radius 2 is 1.94 bits per heavy atom. The average molecular weight is 252 g/mol. The van der Waals surface area contributed by atoms with E-state index in [0.29, 0.717) is 24.7 Å². The molecule has 0 aromatic heterocycles. The molecule has 0 spiro atoms. The molecule has 0 aromatic carbocycles. The molecule has 0 amide bonds. The highest BCUT2D eigenvalue weighted by Gasteiger charge is 2.61. The third-order valence-electron chi connectivity index (χ3n) is 5.78. The topological polar surface area (TPSA) is 43.4 Å². The van der Waals surface area contributed by atoms with Crippen LogP contribution in [0.4, 0.5) is 0 Å². The van der Waals surface area contributed by atoms with Crippen molar-refractivity contribution in [2.45, 2.75) is 52.9 Å². The molecule has 2 aliphatic rings. The smallest absolute Gasteiger partial charge is 0.319 e. The number of carbonyl (C=O) groups is 2. The maximum absolute atomic E-state index is 12.1. The van der Waals surface area contributed by atoms with Crippen molar-refractivity contribution in [3.63, 3.8) is 0 Å². The monoisotopic (exact) mass is 252 g/mol. The van der Waals surface area contributed by atoms with E-state index in [9.17, 15) is 9.59 Å². The van der Waals surface area contributed by atoms with Crippen LogP contribution in [0.3, 0.4) is 0 Å². The number of ketones is 1. The second-order valence-electron chi connectivity index (χ2n) is 6.55. The van der Waals surface area contributed by atoms with Gasteiger partial charge in [0, 0.05) is 0 Å². The van der Waals surface area contributed by atoms with E-state index in [0.717, 1.165) is 6.42 Å². The van der Waals surface area contributed by atoms with Crippen molar-refractivity contribution in [3.05, 3.63) is 0 Å². The molecule has 2 rings (SSSR count). The lowest BCUT2D eigenvalue weighted by molar-refractivity contribution is -0.157. The van der Waals surface area contributed by atoms with Crippen LogP contribution >= 0.6 is 0 Å². The molecule has 0 bridgehead atoms. The van der Waals surface area contributed by atoms with Crippen LogP contribution in [0.25, 0.3) is 0 Å². The molecule has 0 heterocycles. The molecule has 0 aliphatic heterocycles. The molecular formula is C15H24O3. The molecule has 4 atom stereocenters. The number of hydrogen-bond acceptors (Lipinski definition) is 3. The first-order valence-corrected chi connectivity index (χ1v) is 6.96. The minimum atomic E-state index is -0.868. The van der Waals surface area contributed by atoms with Crippen LogP contribution in [-0.2, 0) is 14.3 Å². The number of hydrogen-bond donors (Lipinski definition) is 0. The van der Waals surface area contributed by atoms with E-state index in [-0.39, 0.29) is 17.2 Å². The van der Waals surface area contributed by atoms with Gasteiger partial charge in [0.2, 0.25) is 0 Å². The third kappa shape index (κ3) is 1.70. The summed E-state index contributed by atoms with van der Waals surface area (Å²) in [6, 6.07) is 0. The van der Waals surface area contributed by atoms with Gasteiger partial charge in [0.1, 0.15) is 11.2 Å². The Morgan fingerprint density at radius 3 is 2.44 bits per heavy atom. The van der Waals surface area contributed by atoms with E-state index >= 15 is 0 Å². The number of carbonyl (C=O) groups excluding carboxylic acids is 2. The summed E-state index contributed by atoms with van der Waals surface area (Å²) in [7, 11) is 1.39. The Bertz CT molecular complexity index is 376. The van der Waals surface area contributed by atoms with E-state index in [4.69, 9.17) is 4.74 Å². The van der Waals surface area contributed by atoms with Gasteiger partial charge in [-0.3, -0.25) is 9.59 Å². The van der Waals surface area contributed by atoms with Gasteiger partial charge in [0.05, 0.1) is 7.11 Å². The van der Waals surface area contributed by atoms with Crippen molar-refractivity contribution in [2.75, 3.05) is 7.11 Å². The van der Waals surface area contributed by atoms with Gasteiger partial charge in [-0.25, -0.2) is 0 Å². The largest absolute Gasteiger partial charge is 0.468 e.